The third-order valence-corrected chi connectivity index (χ3v) is 4.55. The molecule has 2 aliphatic rings. The summed E-state index contributed by atoms with van der Waals surface area (Å²) in [5, 5.41) is 0. The van der Waals surface area contributed by atoms with E-state index < -0.39 is 0 Å². The Kier molecular flexibility index (Phi) is 5.84. The van der Waals surface area contributed by atoms with E-state index in [9.17, 15) is 9.59 Å². The van der Waals surface area contributed by atoms with E-state index in [2.05, 4.69) is 13.8 Å². The molecule has 5 nitrogen and oxygen atoms in total. The molecular formula is C17H30N2O3. The molecule has 2 heterocycles. The van der Waals surface area contributed by atoms with Crippen molar-refractivity contribution in [3.05, 3.63) is 0 Å². The van der Waals surface area contributed by atoms with Crippen molar-refractivity contribution < 1.29 is 14.3 Å². The molecule has 2 fully saturated rings. The van der Waals surface area contributed by atoms with Crippen LogP contribution in [0.3, 0.4) is 0 Å². The van der Waals surface area contributed by atoms with Gasteiger partial charge in [-0.2, -0.15) is 0 Å². The minimum atomic E-state index is -0.150. The van der Waals surface area contributed by atoms with Crippen LogP contribution in [0.2, 0.25) is 0 Å². The summed E-state index contributed by atoms with van der Waals surface area (Å²) in [6, 6.07) is 0.181. The summed E-state index contributed by atoms with van der Waals surface area (Å²) in [7, 11) is 0. The Hall–Kier alpha value is -1.10. The van der Waals surface area contributed by atoms with Crippen LogP contribution < -0.4 is 0 Å². The smallest absolute Gasteiger partial charge is 0.227 e. The lowest BCUT2D eigenvalue weighted by Crippen LogP contribution is -2.44. The number of hydrogen-bond donors (Lipinski definition) is 0. The first-order valence-corrected chi connectivity index (χ1v) is 8.58. The van der Waals surface area contributed by atoms with Crippen LogP contribution >= 0.6 is 0 Å². The monoisotopic (exact) mass is 310 g/mol. The van der Waals surface area contributed by atoms with Crippen LogP contribution in [0.1, 0.15) is 47.0 Å². The largest absolute Gasteiger partial charge is 0.378 e. The molecule has 2 amide bonds. The van der Waals surface area contributed by atoms with Gasteiger partial charge in [0.05, 0.1) is 12.0 Å². The van der Waals surface area contributed by atoms with E-state index in [4.69, 9.17) is 4.74 Å². The fourth-order valence-electron chi connectivity index (χ4n) is 3.23. The van der Waals surface area contributed by atoms with Crippen LogP contribution in [0.5, 0.6) is 0 Å². The molecule has 22 heavy (non-hydrogen) atoms. The number of nitrogens with zero attached hydrogens (tertiary/aromatic N) is 2. The third kappa shape index (κ3) is 4.22. The van der Waals surface area contributed by atoms with Gasteiger partial charge in [-0.05, 0) is 32.6 Å². The number of amides is 2. The highest BCUT2D eigenvalue weighted by atomic mass is 16.5. The summed E-state index contributed by atoms with van der Waals surface area (Å²) in [5.41, 5.74) is 0. The van der Waals surface area contributed by atoms with E-state index in [0.29, 0.717) is 18.9 Å². The number of ether oxygens (including phenoxy) is 1. The van der Waals surface area contributed by atoms with Gasteiger partial charge in [-0.15, -0.1) is 0 Å². The summed E-state index contributed by atoms with van der Waals surface area (Å²) in [6.07, 6.45) is 2.48. The minimum absolute atomic E-state index is 0.114. The number of carbonyl (C=O) groups is 2. The summed E-state index contributed by atoms with van der Waals surface area (Å²) in [5.74, 6) is 0.663. The summed E-state index contributed by atoms with van der Waals surface area (Å²) in [4.78, 5) is 28.3. The Morgan fingerprint density at radius 1 is 1.23 bits per heavy atom. The molecule has 0 N–H and O–H groups in total. The van der Waals surface area contributed by atoms with E-state index in [1.165, 1.54) is 0 Å². The highest BCUT2D eigenvalue weighted by molar-refractivity contribution is 5.89. The minimum Gasteiger partial charge on any atom is -0.378 e. The van der Waals surface area contributed by atoms with Crippen LogP contribution in [-0.2, 0) is 14.3 Å². The lowest BCUT2D eigenvalue weighted by atomic mass is 10.0. The molecular weight excluding hydrogens is 280 g/mol. The lowest BCUT2D eigenvalue weighted by molar-refractivity contribution is -0.138. The lowest BCUT2D eigenvalue weighted by Gasteiger charge is -2.33. The molecule has 0 radical (unpaired) electrons. The number of likely N-dealkylation sites (tertiary alicyclic amines) is 2. The Bertz CT molecular complexity index is 401. The summed E-state index contributed by atoms with van der Waals surface area (Å²) in [6.45, 7) is 11.2. The standard InChI is InChI=1S/C17H30N2O3/c1-12(2)11-22-15-5-7-18(8-6-15)17(21)14-9-16(20)19(10-14)13(3)4/h12-15H,5-11H2,1-4H3/t14-/m0/s1. The fourth-order valence-corrected chi connectivity index (χ4v) is 3.23. The van der Waals surface area contributed by atoms with Crippen molar-refractivity contribution in [1.82, 2.24) is 9.80 Å². The molecule has 126 valence electrons. The number of carbonyl (C=O) groups excluding carboxylic acids is 2. The Morgan fingerprint density at radius 2 is 1.86 bits per heavy atom. The second kappa shape index (κ2) is 7.44. The normalized spacial score (nSPS) is 23.9. The quantitative estimate of drug-likeness (QED) is 0.779. The van der Waals surface area contributed by atoms with Crippen molar-refractivity contribution in [2.75, 3.05) is 26.2 Å². The Balaban J connectivity index is 1.79. The fraction of sp³-hybridized carbons (Fsp3) is 0.882. The van der Waals surface area contributed by atoms with Crippen LogP contribution in [0.15, 0.2) is 0 Å². The van der Waals surface area contributed by atoms with Crippen molar-refractivity contribution in [3.63, 3.8) is 0 Å². The van der Waals surface area contributed by atoms with E-state index in [1.54, 1.807) is 0 Å². The maximum absolute atomic E-state index is 12.6. The van der Waals surface area contributed by atoms with Gasteiger partial charge in [0, 0.05) is 38.7 Å². The van der Waals surface area contributed by atoms with Gasteiger partial charge in [0.2, 0.25) is 11.8 Å². The van der Waals surface area contributed by atoms with E-state index in [-0.39, 0.29) is 29.9 Å². The van der Waals surface area contributed by atoms with Crippen LogP contribution in [0, 0.1) is 11.8 Å². The Morgan fingerprint density at radius 3 is 2.36 bits per heavy atom. The molecule has 1 atom stereocenters. The van der Waals surface area contributed by atoms with E-state index in [0.717, 1.165) is 32.5 Å². The highest BCUT2D eigenvalue weighted by Crippen LogP contribution is 2.24. The average Bonchev–Trinajstić information content (AvgIpc) is 2.87. The number of rotatable bonds is 5. The number of hydrogen-bond acceptors (Lipinski definition) is 3. The first-order valence-electron chi connectivity index (χ1n) is 8.58. The second-order valence-corrected chi connectivity index (χ2v) is 7.29. The molecule has 0 unspecified atom stereocenters. The predicted octanol–water partition coefficient (Wildman–Crippen LogP) is 1.91. The van der Waals surface area contributed by atoms with Crippen molar-refractivity contribution in [2.45, 2.75) is 59.1 Å². The van der Waals surface area contributed by atoms with Crippen molar-refractivity contribution in [3.8, 4) is 0 Å². The zero-order chi connectivity index (χ0) is 16.3. The molecule has 0 spiro atoms. The van der Waals surface area contributed by atoms with Gasteiger partial charge in [0.25, 0.3) is 0 Å². The molecule has 2 saturated heterocycles. The van der Waals surface area contributed by atoms with Gasteiger partial charge in [0.15, 0.2) is 0 Å². The number of piperidine rings is 1. The molecule has 2 rings (SSSR count). The van der Waals surface area contributed by atoms with Gasteiger partial charge in [-0.3, -0.25) is 9.59 Å². The van der Waals surface area contributed by atoms with Crippen LogP contribution in [0.25, 0.3) is 0 Å². The molecule has 0 aromatic heterocycles. The first-order chi connectivity index (χ1) is 10.4. The molecule has 0 aromatic carbocycles. The maximum atomic E-state index is 12.6. The topological polar surface area (TPSA) is 49.9 Å². The average molecular weight is 310 g/mol. The van der Waals surface area contributed by atoms with E-state index in [1.807, 2.05) is 23.6 Å². The molecule has 0 aliphatic carbocycles. The molecule has 2 aliphatic heterocycles. The molecule has 0 saturated carbocycles. The Labute approximate surface area is 134 Å². The SMILES string of the molecule is CC(C)COC1CCN(C(=O)[C@H]2CC(=O)N(C(C)C)C2)CC1. The maximum Gasteiger partial charge on any atom is 0.227 e. The molecule has 0 aromatic rings. The zero-order valence-corrected chi connectivity index (χ0v) is 14.4. The van der Waals surface area contributed by atoms with Gasteiger partial charge in [0.1, 0.15) is 0 Å². The van der Waals surface area contributed by atoms with E-state index >= 15 is 0 Å². The van der Waals surface area contributed by atoms with Crippen LogP contribution in [0.4, 0.5) is 0 Å². The van der Waals surface area contributed by atoms with Gasteiger partial charge < -0.3 is 14.5 Å². The summed E-state index contributed by atoms with van der Waals surface area (Å²) < 4.78 is 5.86. The highest BCUT2D eigenvalue weighted by Gasteiger charge is 2.38. The van der Waals surface area contributed by atoms with Crippen LogP contribution in [-0.4, -0.2) is 60.0 Å². The van der Waals surface area contributed by atoms with Crippen molar-refractivity contribution in [1.29, 1.82) is 0 Å². The van der Waals surface area contributed by atoms with Gasteiger partial charge >= 0.3 is 0 Å². The van der Waals surface area contributed by atoms with Gasteiger partial charge in [-0.25, -0.2) is 0 Å². The van der Waals surface area contributed by atoms with Crippen molar-refractivity contribution >= 4 is 11.8 Å². The molecule has 5 heteroatoms. The third-order valence-electron chi connectivity index (χ3n) is 4.55. The van der Waals surface area contributed by atoms with Gasteiger partial charge in [-0.1, -0.05) is 13.8 Å². The predicted molar refractivity (Wildman–Crippen MR) is 85.3 cm³/mol. The van der Waals surface area contributed by atoms with Crippen molar-refractivity contribution in [2.24, 2.45) is 11.8 Å². The zero-order valence-electron chi connectivity index (χ0n) is 14.4. The second-order valence-electron chi connectivity index (χ2n) is 7.29. The first kappa shape index (κ1) is 17.3. The molecule has 0 bridgehead atoms. The summed E-state index contributed by atoms with van der Waals surface area (Å²) >= 11 is 0.